The highest BCUT2D eigenvalue weighted by Crippen LogP contribution is 2.26. The van der Waals surface area contributed by atoms with Gasteiger partial charge in [-0.3, -0.25) is 9.59 Å². The molecule has 1 aromatic rings. The Bertz CT molecular complexity index is 821. The van der Waals surface area contributed by atoms with Gasteiger partial charge in [0.05, 0.1) is 18.3 Å². The zero-order valence-corrected chi connectivity index (χ0v) is 21.8. The minimum atomic E-state index is -0.577. The van der Waals surface area contributed by atoms with Crippen molar-refractivity contribution in [3.05, 3.63) is 17.8 Å². The van der Waals surface area contributed by atoms with Gasteiger partial charge in [0, 0.05) is 30.7 Å². The highest BCUT2D eigenvalue weighted by molar-refractivity contribution is 5.96. The maximum Gasteiger partial charge on any atom is 0.258 e. The van der Waals surface area contributed by atoms with Crippen LogP contribution in [-0.2, 0) is 4.79 Å². The van der Waals surface area contributed by atoms with Crippen LogP contribution in [0, 0.1) is 17.8 Å². The Kier molecular flexibility index (Phi) is 10.6. The lowest BCUT2D eigenvalue weighted by atomic mass is 9.95. The third-order valence-electron chi connectivity index (χ3n) is 6.44. The Morgan fingerprint density at radius 2 is 1.94 bits per heavy atom. The van der Waals surface area contributed by atoms with E-state index in [1.807, 2.05) is 47.6 Å². The van der Waals surface area contributed by atoms with Gasteiger partial charge in [-0.25, -0.2) is 4.68 Å². The van der Waals surface area contributed by atoms with Gasteiger partial charge in [-0.1, -0.05) is 40.5 Å². The molecule has 8 nitrogen and oxygen atoms in total. The van der Waals surface area contributed by atoms with Crippen LogP contribution in [0.4, 0.5) is 0 Å². The third-order valence-corrected chi connectivity index (χ3v) is 6.44. The first-order valence-electron chi connectivity index (χ1n) is 12.7. The summed E-state index contributed by atoms with van der Waals surface area (Å²) in [5, 5.41) is 20.2. The number of carbonyl (C=O) groups excluding carboxylic acids is 2. The number of rotatable bonds is 13. The van der Waals surface area contributed by atoms with Gasteiger partial charge in [0.25, 0.3) is 5.91 Å². The fourth-order valence-corrected chi connectivity index (χ4v) is 4.25. The second-order valence-electron chi connectivity index (χ2n) is 10.4. The Labute approximate surface area is 204 Å². The monoisotopic (exact) mass is 476 g/mol. The minimum absolute atomic E-state index is 0.00630. The first-order valence-corrected chi connectivity index (χ1v) is 12.7. The molecule has 3 N–H and O–H groups in total. The highest BCUT2D eigenvalue weighted by atomic mass is 16.5. The number of aromatic nitrogens is 2. The summed E-state index contributed by atoms with van der Waals surface area (Å²) in [5.41, 5.74) is -0.226. The number of nitrogens with one attached hydrogen (secondary N) is 2. The van der Waals surface area contributed by atoms with E-state index in [0.29, 0.717) is 18.1 Å². The molecule has 2 rings (SSSR count). The number of aliphatic hydroxyl groups excluding tert-OH is 1. The summed E-state index contributed by atoms with van der Waals surface area (Å²) in [6.07, 6.45) is 10.7. The molecule has 2 amide bonds. The third kappa shape index (κ3) is 7.86. The zero-order chi connectivity index (χ0) is 25.3. The molecule has 1 aliphatic rings. The SMILES string of the molecule is CCC(CO)[C@H](CC)NC(=O)c1cnn(/C=C/C(C)(C)NC(=O)C2CCCC2)c1OCC(C)C. The quantitative estimate of drug-likeness (QED) is 0.399. The van der Waals surface area contributed by atoms with Crippen molar-refractivity contribution in [3.63, 3.8) is 0 Å². The van der Waals surface area contributed by atoms with Crippen LogP contribution in [0.1, 0.15) is 90.4 Å². The van der Waals surface area contributed by atoms with Crippen LogP contribution >= 0.6 is 0 Å². The van der Waals surface area contributed by atoms with Gasteiger partial charge in [0.15, 0.2) is 0 Å². The summed E-state index contributed by atoms with van der Waals surface area (Å²) in [4.78, 5) is 25.7. The van der Waals surface area contributed by atoms with E-state index in [9.17, 15) is 14.7 Å². The maximum atomic E-state index is 13.1. The van der Waals surface area contributed by atoms with Gasteiger partial charge in [-0.2, -0.15) is 5.10 Å². The normalized spacial score (nSPS) is 16.7. The molecule has 1 fully saturated rings. The molecule has 0 aliphatic heterocycles. The molecular weight excluding hydrogens is 432 g/mol. The van der Waals surface area contributed by atoms with E-state index in [-0.39, 0.29) is 42.2 Å². The zero-order valence-electron chi connectivity index (χ0n) is 21.8. The minimum Gasteiger partial charge on any atom is -0.477 e. The van der Waals surface area contributed by atoms with Crippen LogP contribution in [0.5, 0.6) is 5.88 Å². The lowest BCUT2D eigenvalue weighted by molar-refractivity contribution is -0.125. The van der Waals surface area contributed by atoms with Crippen LogP contribution in [0.3, 0.4) is 0 Å². The second kappa shape index (κ2) is 12.9. The molecule has 1 unspecified atom stereocenters. The Hall–Kier alpha value is -2.35. The van der Waals surface area contributed by atoms with E-state index in [1.54, 1.807) is 10.9 Å². The molecule has 34 heavy (non-hydrogen) atoms. The maximum absolute atomic E-state index is 13.1. The average molecular weight is 477 g/mol. The first-order chi connectivity index (χ1) is 16.1. The van der Waals surface area contributed by atoms with Crippen LogP contribution in [-0.4, -0.2) is 51.5 Å². The molecule has 1 aliphatic carbocycles. The Balaban J connectivity index is 2.21. The van der Waals surface area contributed by atoms with E-state index >= 15 is 0 Å². The van der Waals surface area contributed by atoms with Crippen LogP contribution in [0.2, 0.25) is 0 Å². The Morgan fingerprint density at radius 3 is 2.50 bits per heavy atom. The molecular formula is C26H44N4O4. The molecule has 2 atom stereocenters. The average Bonchev–Trinajstić information content (AvgIpc) is 3.46. The Morgan fingerprint density at radius 1 is 1.26 bits per heavy atom. The molecule has 1 aromatic heterocycles. The summed E-state index contributed by atoms with van der Waals surface area (Å²) >= 11 is 0. The molecule has 8 heteroatoms. The van der Waals surface area contributed by atoms with E-state index in [4.69, 9.17) is 4.74 Å². The summed E-state index contributed by atoms with van der Waals surface area (Å²) in [5.74, 6) is 0.540. The predicted octanol–water partition coefficient (Wildman–Crippen LogP) is 4.00. The number of ether oxygens (including phenoxy) is 1. The van der Waals surface area contributed by atoms with Gasteiger partial charge in [-0.05, 0) is 51.5 Å². The first kappa shape index (κ1) is 27.9. The number of amides is 2. The second-order valence-corrected chi connectivity index (χ2v) is 10.4. The van der Waals surface area contributed by atoms with Gasteiger partial charge in [0.2, 0.25) is 11.8 Å². The topological polar surface area (TPSA) is 105 Å². The molecule has 0 bridgehead atoms. The van der Waals surface area contributed by atoms with Crippen molar-refractivity contribution < 1.29 is 19.4 Å². The fraction of sp³-hybridized carbons (Fsp3) is 0.731. The molecule has 1 heterocycles. The van der Waals surface area contributed by atoms with Crippen molar-refractivity contribution in [2.75, 3.05) is 13.2 Å². The summed E-state index contributed by atoms with van der Waals surface area (Å²) in [7, 11) is 0. The lowest BCUT2D eigenvalue weighted by Crippen LogP contribution is -2.44. The lowest BCUT2D eigenvalue weighted by Gasteiger charge is -2.25. The smallest absolute Gasteiger partial charge is 0.258 e. The van der Waals surface area contributed by atoms with E-state index < -0.39 is 5.54 Å². The number of hydrogen-bond donors (Lipinski definition) is 3. The van der Waals surface area contributed by atoms with Gasteiger partial charge in [0.1, 0.15) is 5.56 Å². The predicted molar refractivity (Wildman–Crippen MR) is 134 cm³/mol. The molecule has 0 saturated heterocycles. The summed E-state index contributed by atoms with van der Waals surface area (Å²) in [6, 6.07) is -0.135. The van der Waals surface area contributed by atoms with Crippen LogP contribution in [0.25, 0.3) is 6.20 Å². The van der Waals surface area contributed by atoms with Gasteiger partial charge in [-0.15, -0.1) is 0 Å². The summed E-state index contributed by atoms with van der Waals surface area (Å²) < 4.78 is 7.55. The molecule has 192 valence electrons. The standard InChI is InChI=1S/C26H44N4O4/c1-7-19(16-31)22(8-2)28-24(33)21-15-27-30(25(21)34-17-18(3)4)14-13-26(5,6)29-23(32)20-11-9-10-12-20/h13-15,18-20,22,31H,7-12,16-17H2,1-6H3,(H,28,33)(H,29,32)/b14-13+/t19?,22-/m0/s1. The fourth-order valence-electron chi connectivity index (χ4n) is 4.25. The molecule has 0 aromatic carbocycles. The number of aliphatic hydroxyl groups is 1. The van der Waals surface area contributed by atoms with Crippen molar-refractivity contribution >= 4 is 18.0 Å². The molecule has 0 spiro atoms. The number of carbonyl (C=O) groups is 2. The van der Waals surface area contributed by atoms with Gasteiger partial charge < -0.3 is 20.5 Å². The van der Waals surface area contributed by atoms with E-state index in [0.717, 1.165) is 38.5 Å². The summed E-state index contributed by atoms with van der Waals surface area (Å²) in [6.45, 7) is 12.4. The molecule has 0 radical (unpaired) electrons. The van der Waals surface area contributed by atoms with Crippen LogP contribution in [0.15, 0.2) is 12.3 Å². The van der Waals surface area contributed by atoms with Gasteiger partial charge >= 0.3 is 0 Å². The number of hydrogen-bond acceptors (Lipinski definition) is 5. The van der Waals surface area contributed by atoms with Crippen molar-refractivity contribution in [2.45, 2.75) is 91.6 Å². The van der Waals surface area contributed by atoms with E-state index in [2.05, 4.69) is 15.7 Å². The van der Waals surface area contributed by atoms with E-state index in [1.165, 1.54) is 6.20 Å². The number of nitrogens with zero attached hydrogens (tertiary/aromatic N) is 2. The van der Waals surface area contributed by atoms with Crippen molar-refractivity contribution in [1.29, 1.82) is 0 Å². The highest BCUT2D eigenvalue weighted by Gasteiger charge is 2.28. The van der Waals surface area contributed by atoms with Crippen molar-refractivity contribution in [3.8, 4) is 5.88 Å². The largest absolute Gasteiger partial charge is 0.477 e. The van der Waals surface area contributed by atoms with Crippen molar-refractivity contribution in [2.24, 2.45) is 17.8 Å². The van der Waals surface area contributed by atoms with Crippen LogP contribution < -0.4 is 15.4 Å². The van der Waals surface area contributed by atoms with Crippen molar-refractivity contribution in [1.82, 2.24) is 20.4 Å². The molecule has 1 saturated carbocycles.